The van der Waals surface area contributed by atoms with E-state index in [9.17, 15) is 8.42 Å². The molecule has 0 amide bonds. The number of hydrogen-bond acceptors (Lipinski definition) is 4. The molecule has 0 saturated carbocycles. The summed E-state index contributed by atoms with van der Waals surface area (Å²) in [7, 11) is -3.61. The van der Waals surface area contributed by atoms with Crippen LogP contribution >= 0.6 is 0 Å². The van der Waals surface area contributed by atoms with E-state index >= 15 is 0 Å². The number of sulfone groups is 1. The SMILES string of the molecule is CCC(C)=Nc1cccc(S(=O)(=O)c2cccc(N=C(C)CC)c2)c1. The lowest BCUT2D eigenvalue weighted by molar-refractivity contribution is 0.596. The van der Waals surface area contributed by atoms with E-state index in [0.717, 1.165) is 24.3 Å². The second kappa shape index (κ2) is 8.21. The zero-order valence-corrected chi connectivity index (χ0v) is 16.0. The minimum absolute atomic E-state index is 0.242. The molecule has 2 aromatic carbocycles. The van der Waals surface area contributed by atoms with Gasteiger partial charge in [0.1, 0.15) is 0 Å². The fourth-order valence-corrected chi connectivity index (χ4v) is 3.51. The number of hydrogen-bond donors (Lipinski definition) is 0. The lowest BCUT2D eigenvalue weighted by Crippen LogP contribution is -2.01. The topological polar surface area (TPSA) is 58.9 Å². The van der Waals surface area contributed by atoms with Crippen molar-refractivity contribution in [2.45, 2.75) is 50.3 Å². The predicted octanol–water partition coefficient (Wildman–Crippen LogP) is 5.52. The van der Waals surface area contributed by atoms with Crippen LogP contribution in [0.5, 0.6) is 0 Å². The molecule has 0 N–H and O–H groups in total. The highest BCUT2D eigenvalue weighted by molar-refractivity contribution is 7.91. The number of rotatable bonds is 6. The Hall–Kier alpha value is -2.27. The Bertz CT molecular complexity index is 843. The normalized spacial score (nSPS) is 13.1. The predicted molar refractivity (Wildman–Crippen MR) is 104 cm³/mol. The average molecular weight is 356 g/mol. The molecule has 0 aliphatic rings. The van der Waals surface area contributed by atoms with E-state index in [1.54, 1.807) is 36.4 Å². The molecule has 0 aliphatic carbocycles. The minimum atomic E-state index is -3.61. The molecular formula is C20H24N2O2S. The summed E-state index contributed by atoms with van der Waals surface area (Å²) in [5.74, 6) is 0. The monoisotopic (exact) mass is 356 g/mol. The first-order chi connectivity index (χ1) is 11.9. The van der Waals surface area contributed by atoms with Gasteiger partial charge < -0.3 is 0 Å². The molecule has 0 heterocycles. The first-order valence-corrected chi connectivity index (χ1v) is 9.88. The lowest BCUT2D eigenvalue weighted by Gasteiger charge is -2.07. The third-order valence-corrected chi connectivity index (χ3v) is 5.67. The van der Waals surface area contributed by atoms with Crippen molar-refractivity contribution in [3.05, 3.63) is 48.5 Å². The number of nitrogens with zero attached hydrogens (tertiary/aromatic N) is 2. The summed E-state index contributed by atoms with van der Waals surface area (Å²) in [4.78, 5) is 9.37. The molecule has 0 bridgehead atoms. The van der Waals surface area contributed by atoms with Crippen molar-refractivity contribution in [3.63, 3.8) is 0 Å². The summed E-state index contributed by atoms with van der Waals surface area (Å²) in [5, 5.41) is 0. The van der Waals surface area contributed by atoms with Crippen molar-refractivity contribution in [2.75, 3.05) is 0 Å². The van der Waals surface area contributed by atoms with E-state index in [0.29, 0.717) is 11.4 Å². The Kier molecular flexibility index (Phi) is 6.26. The van der Waals surface area contributed by atoms with Gasteiger partial charge in [-0.15, -0.1) is 0 Å². The molecule has 0 spiro atoms. The van der Waals surface area contributed by atoms with E-state index < -0.39 is 9.84 Å². The molecule has 25 heavy (non-hydrogen) atoms. The largest absolute Gasteiger partial charge is 0.258 e. The summed E-state index contributed by atoms with van der Waals surface area (Å²) in [6.45, 7) is 7.89. The smallest absolute Gasteiger partial charge is 0.206 e. The van der Waals surface area contributed by atoms with Crippen molar-refractivity contribution >= 4 is 32.6 Å². The Morgan fingerprint density at radius 3 is 1.56 bits per heavy atom. The molecule has 0 radical (unpaired) electrons. The van der Waals surface area contributed by atoms with Crippen LogP contribution in [0.15, 0.2) is 68.3 Å². The van der Waals surface area contributed by atoms with E-state index in [2.05, 4.69) is 9.98 Å². The molecule has 2 aromatic rings. The minimum Gasteiger partial charge on any atom is -0.258 e. The summed E-state index contributed by atoms with van der Waals surface area (Å²) in [6.07, 6.45) is 1.65. The van der Waals surface area contributed by atoms with Gasteiger partial charge in [0, 0.05) is 11.4 Å². The van der Waals surface area contributed by atoms with Gasteiger partial charge in [-0.1, -0.05) is 26.0 Å². The highest BCUT2D eigenvalue weighted by atomic mass is 32.2. The van der Waals surface area contributed by atoms with Gasteiger partial charge in [-0.3, -0.25) is 9.98 Å². The van der Waals surface area contributed by atoms with Crippen molar-refractivity contribution in [1.82, 2.24) is 0 Å². The third-order valence-electron chi connectivity index (χ3n) is 3.92. The van der Waals surface area contributed by atoms with Gasteiger partial charge in [0.2, 0.25) is 9.84 Å². The Labute approximate surface area is 150 Å². The van der Waals surface area contributed by atoms with Crippen LogP contribution in [0, 0.1) is 0 Å². The second-order valence-corrected chi connectivity index (χ2v) is 7.85. The van der Waals surface area contributed by atoms with Crippen molar-refractivity contribution in [2.24, 2.45) is 9.98 Å². The van der Waals surface area contributed by atoms with Gasteiger partial charge in [0.25, 0.3) is 0 Å². The summed E-state index contributed by atoms with van der Waals surface area (Å²) < 4.78 is 25.9. The van der Waals surface area contributed by atoms with E-state index in [1.807, 2.05) is 39.8 Å². The molecule has 132 valence electrons. The fourth-order valence-electron chi connectivity index (χ4n) is 2.18. The molecule has 0 fully saturated rings. The summed E-state index contributed by atoms with van der Waals surface area (Å²) in [5.41, 5.74) is 3.22. The summed E-state index contributed by atoms with van der Waals surface area (Å²) in [6, 6.07) is 13.5. The number of benzene rings is 2. The Morgan fingerprint density at radius 1 is 0.800 bits per heavy atom. The van der Waals surface area contributed by atoms with E-state index in [-0.39, 0.29) is 9.79 Å². The van der Waals surface area contributed by atoms with E-state index in [4.69, 9.17) is 0 Å². The first-order valence-electron chi connectivity index (χ1n) is 8.40. The molecular weight excluding hydrogens is 332 g/mol. The maximum Gasteiger partial charge on any atom is 0.206 e. The van der Waals surface area contributed by atoms with Gasteiger partial charge in [-0.05, 0) is 63.1 Å². The molecule has 2 rings (SSSR count). The average Bonchev–Trinajstić information content (AvgIpc) is 2.62. The first kappa shape index (κ1) is 19.1. The summed E-state index contributed by atoms with van der Waals surface area (Å²) >= 11 is 0. The van der Waals surface area contributed by atoms with Crippen LogP contribution in [-0.2, 0) is 9.84 Å². The van der Waals surface area contributed by atoms with Crippen molar-refractivity contribution < 1.29 is 8.42 Å². The van der Waals surface area contributed by atoms with Gasteiger partial charge >= 0.3 is 0 Å². The van der Waals surface area contributed by atoms with Crippen LogP contribution < -0.4 is 0 Å². The fraction of sp³-hybridized carbons (Fsp3) is 0.300. The molecule has 4 nitrogen and oxygen atoms in total. The van der Waals surface area contributed by atoms with Crippen molar-refractivity contribution in [3.8, 4) is 0 Å². The Morgan fingerprint density at radius 2 is 1.20 bits per heavy atom. The van der Waals surface area contributed by atoms with Crippen LogP contribution in [0.4, 0.5) is 11.4 Å². The molecule has 0 aromatic heterocycles. The zero-order chi connectivity index (χ0) is 18.4. The highest BCUT2D eigenvalue weighted by Gasteiger charge is 2.18. The Balaban J connectivity index is 2.46. The van der Waals surface area contributed by atoms with Crippen LogP contribution in [-0.4, -0.2) is 19.8 Å². The molecule has 0 saturated heterocycles. The number of aliphatic imine (C=N–C) groups is 2. The lowest BCUT2D eigenvalue weighted by atomic mass is 10.3. The zero-order valence-electron chi connectivity index (χ0n) is 15.2. The van der Waals surface area contributed by atoms with Crippen LogP contribution in [0.25, 0.3) is 0 Å². The molecule has 0 unspecified atom stereocenters. The highest BCUT2D eigenvalue weighted by Crippen LogP contribution is 2.27. The van der Waals surface area contributed by atoms with Crippen molar-refractivity contribution in [1.29, 1.82) is 0 Å². The maximum absolute atomic E-state index is 13.0. The van der Waals surface area contributed by atoms with Gasteiger partial charge in [0.15, 0.2) is 0 Å². The molecule has 0 atom stereocenters. The quantitative estimate of drug-likeness (QED) is 0.639. The third kappa shape index (κ3) is 4.86. The second-order valence-electron chi connectivity index (χ2n) is 5.90. The van der Waals surface area contributed by atoms with E-state index in [1.165, 1.54) is 0 Å². The van der Waals surface area contributed by atoms with Gasteiger partial charge in [0.05, 0.1) is 21.2 Å². The standard InChI is InChI=1S/C20H24N2O2S/c1-5-15(3)21-17-9-7-11-19(13-17)25(23,24)20-12-8-10-18(14-20)22-16(4)6-2/h7-14H,5-6H2,1-4H3. The van der Waals surface area contributed by atoms with Crippen LogP contribution in [0.2, 0.25) is 0 Å². The van der Waals surface area contributed by atoms with Gasteiger partial charge in [-0.25, -0.2) is 8.42 Å². The van der Waals surface area contributed by atoms with Gasteiger partial charge in [-0.2, -0.15) is 0 Å². The van der Waals surface area contributed by atoms with Crippen LogP contribution in [0.3, 0.4) is 0 Å². The van der Waals surface area contributed by atoms with Crippen LogP contribution in [0.1, 0.15) is 40.5 Å². The molecule has 5 heteroatoms. The molecule has 0 aliphatic heterocycles. The maximum atomic E-state index is 13.0.